The van der Waals surface area contributed by atoms with E-state index >= 15 is 0 Å². The van der Waals surface area contributed by atoms with Crippen molar-refractivity contribution in [2.75, 3.05) is 18.9 Å². The highest BCUT2D eigenvalue weighted by molar-refractivity contribution is 7.91. The van der Waals surface area contributed by atoms with Crippen molar-refractivity contribution in [1.82, 2.24) is 19.1 Å². The zero-order chi connectivity index (χ0) is 17.9. The monoisotopic (exact) mass is 377 g/mol. The maximum atomic E-state index is 12.3. The lowest BCUT2D eigenvalue weighted by Gasteiger charge is -2.15. The Bertz CT molecular complexity index is 936. The molecule has 8 nitrogen and oxygen atoms in total. The summed E-state index contributed by atoms with van der Waals surface area (Å²) >= 11 is 1.11. The Kier molecular flexibility index (Phi) is 4.93. The number of carbonyl (C=O) groups is 1. The molecule has 3 rings (SSSR count). The van der Waals surface area contributed by atoms with Gasteiger partial charge in [-0.3, -0.25) is 4.79 Å². The Labute approximate surface area is 148 Å². The van der Waals surface area contributed by atoms with Crippen molar-refractivity contribution in [1.29, 1.82) is 0 Å². The lowest BCUT2D eigenvalue weighted by molar-refractivity contribution is -0.116. The van der Waals surface area contributed by atoms with E-state index in [1.807, 2.05) is 0 Å². The van der Waals surface area contributed by atoms with Crippen molar-refractivity contribution >= 4 is 33.0 Å². The average Bonchev–Trinajstić information content (AvgIpc) is 3.29. The van der Waals surface area contributed by atoms with E-state index in [0.29, 0.717) is 5.69 Å². The van der Waals surface area contributed by atoms with E-state index in [4.69, 9.17) is 0 Å². The Morgan fingerprint density at radius 3 is 2.64 bits per heavy atom. The van der Waals surface area contributed by atoms with Gasteiger partial charge in [0.1, 0.15) is 16.9 Å². The van der Waals surface area contributed by atoms with Gasteiger partial charge in [0.2, 0.25) is 5.91 Å². The third-order valence-electron chi connectivity index (χ3n) is 3.36. The molecule has 0 saturated heterocycles. The number of benzene rings is 1. The molecule has 0 aliphatic carbocycles. The first kappa shape index (κ1) is 17.3. The van der Waals surface area contributed by atoms with Crippen LogP contribution < -0.4 is 5.32 Å². The molecule has 130 valence electrons. The maximum Gasteiger partial charge on any atom is 0.252 e. The van der Waals surface area contributed by atoms with Crippen LogP contribution in [0.4, 0.5) is 5.69 Å². The van der Waals surface area contributed by atoms with Crippen molar-refractivity contribution in [3.63, 3.8) is 0 Å². The van der Waals surface area contributed by atoms with E-state index in [9.17, 15) is 13.2 Å². The third-order valence-corrected chi connectivity index (χ3v) is 6.54. The number of nitrogens with zero attached hydrogens (tertiary/aromatic N) is 4. The molecular formula is C15H15N5O3S2. The summed E-state index contributed by atoms with van der Waals surface area (Å²) in [5.41, 5.74) is 1.36. The summed E-state index contributed by atoms with van der Waals surface area (Å²) in [5.74, 6) is -0.420. The fraction of sp³-hybridized carbons (Fsp3) is 0.133. The first-order valence-corrected chi connectivity index (χ1v) is 9.53. The van der Waals surface area contributed by atoms with Crippen LogP contribution in [0, 0.1) is 0 Å². The van der Waals surface area contributed by atoms with Gasteiger partial charge in [-0.25, -0.2) is 18.1 Å². The molecule has 0 spiro atoms. The molecule has 0 saturated carbocycles. The summed E-state index contributed by atoms with van der Waals surface area (Å²) in [4.78, 5) is 16.0. The Hall–Kier alpha value is -2.56. The molecule has 0 fully saturated rings. The number of thiophene rings is 1. The lowest BCUT2D eigenvalue weighted by Crippen LogP contribution is -2.34. The molecule has 0 aliphatic rings. The Balaban J connectivity index is 1.63. The van der Waals surface area contributed by atoms with E-state index in [1.165, 1.54) is 19.4 Å². The van der Waals surface area contributed by atoms with Gasteiger partial charge >= 0.3 is 0 Å². The van der Waals surface area contributed by atoms with Gasteiger partial charge in [0, 0.05) is 12.7 Å². The molecule has 2 heterocycles. The quantitative estimate of drug-likeness (QED) is 0.703. The molecule has 3 aromatic rings. The molecule has 10 heteroatoms. The maximum absolute atomic E-state index is 12.3. The number of aromatic nitrogens is 3. The molecule has 1 N–H and O–H groups in total. The standard InChI is InChI=1S/C15H15N5O3S2/c1-19(25(22,23)15-3-2-8-24-15)9-14(21)18-12-4-6-13(7-5-12)20-11-16-10-17-20/h2-8,10-11H,9H2,1H3,(H,18,21). The van der Waals surface area contributed by atoms with Gasteiger partial charge in [-0.1, -0.05) is 6.07 Å². The minimum atomic E-state index is -3.65. The van der Waals surface area contributed by atoms with Gasteiger partial charge in [0.05, 0.1) is 12.2 Å². The number of sulfonamides is 1. The largest absolute Gasteiger partial charge is 0.325 e. The zero-order valence-corrected chi connectivity index (χ0v) is 14.9. The van der Waals surface area contributed by atoms with Crippen molar-refractivity contribution < 1.29 is 13.2 Å². The number of likely N-dealkylation sites (N-methyl/N-ethyl adjacent to an activating group) is 1. The molecule has 0 bridgehead atoms. The van der Waals surface area contributed by atoms with Crippen molar-refractivity contribution in [2.24, 2.45) is 0 Å². The summed E-state index contributed by atoms with van der Waals surface area (Å²) in [6.45, 7) is -0.273. The summed E-state index contributed by atoms with van der Waals surface area (Å²) in [7, 11) is -2.27. The molecule has 0 radical (unpaired) electrons. The van der Waals surface area contributed by atoms with E-state index in [-0.39, 0.29) is 10.8 Å². The van der Waals surface area contributed by atoms with Crippen LogP contribution in [-0.2, 0) is 14.8 Å². The van der Waals surface area contributed by atoms with Gasteiger partial charge < -0.3 is 5.32 Å². The van der Waals surface area contributed by atoms with Crippen LogP contribution in [0.25, 0.3) is 5.69 Å². The van der Waals surface area contributed by atoms with E-state index in [0.717, 1.165) is 21.3 Å². The number of rotatable bonds is 6. The molecule has 25 heavy (non-hydrogen) atoms. The van der Waals surface area contributed by atoms with Crippen LogP contribution in [0.2, 0.25) is 0 Å². The van der Waals surface area contributed by atoms with E-state index < -0.39 is 15.9 Å². The van der Waals surface area contributed by atoms with Crippen LogP contribution in [0.3, 0.4) is 0 Å². The molecule has 0 aliphatic heterocycles. The van der Waals surface area contributed by atoms with Gasteiger partial charge in [0.25, 0.3) is 10.0 Å². The second-order valence-electron chi connectivity index (χ2n) is 5.13. The van der Waals surface area contributed by atoms with E-state index in [2.05, 4.69) is 15.4 Å². The Morgan fingerprint density at radius 2 is 2.04 bits per heavy atom. The number of hydrogen-bond donors (Lipinski definition) is 1. The second-order valence-corrected chi connectivity index (χ2v) is 8.35. The summed E-state index contributed by atoms with van der Waals surface area (Å²) < 4.78 is 27.4. The number of carbonyl (C=O) groups excluding carboxylic acids is 1. The average molecular weight is 377 g/mol. The molecule has 2 aromatic heterocycles. The first-order chi connectivity index (χ1) is 12.0. The Morgan fingerprint density at radius 1 is 1.28 bits per heavy atom. The fourth-order valence-electron chi connectivity index (χ4n) is 2.09. The second kappa shape index (κ2) is 7.13. The number of hydrogen-bond acceptors (Lipinski definition) is 6. The molecule has 0 atom stereocenters. The van der Waals surface area contributed by atoms with Crippen LogP contribution >= 0.6 is 11.3 Å². The number of nitrogens with one attached hydrogen (secondary N) is 1. The van der Waals surface area contributed by atoms with Gasteiger partial charge in [-0.15, -0.1) is 11.3 Å². The SMILES string of the molecule is CN(CC(=O)Nc1ccc(-n2cncn2)cc1)S(=O)(=O)c1cccs1. The topological polar surface area (TPSA) is 97.2 Å². The smallest absolute Gasteiger partial charge is 0.252 e. The summed E-state index contributed by atoms with van der Waals surface area (Å²) in [5, 5.41) is 8.37. The van der Waals surface area contributed by atoms with E-state index in [1.54, 1.807) is 46.7 Å². The van der Waals surface area contributed by atoms with Crippen LogP contribution in [0.1, 0.15) is 0 Å². The minimum absolute atomic E-state index is 0.208. The highest BCUT2D eigenvalue weighted by atomic mass is 32.2. The predicted octanol–water partition coefficient (Wildman–Crippen LogP) is 1.59. The highest BCUT2D eigenvalue weighted by Gasteiger charge is 2.23. The molecule has 0 unspecified atom stereocenters. The summed E-state index contributed by atoms with van der Waals surface area (Å²) in [6, 6.07) is 10.1. The van der Waals surface area contributed by atoms with Crippen LogP contribution in [0.15, 0.2) is 58.6 Å². The van der Waals surface area contributed by atoms with Crippen molar-refractivity contribution in [3.8, 4) is 5.69 Å². The normalized spacial score (nSPS) is 11.6. The zero-order valence-electron chi connectivity index (χ0n) is 13.2. The van der Waals surface area contributed by atoms with Gasteiger partial charge in [-0.2, -0.15) is 9.40 Å². The van der Waals surface area contributed by atoms with Crippen LogP contribution in [-0.4, -0.2) is 47.0 Å². The van der Waals surface area contributed by atoms with Crippen molar-refractivity contribution in [3.05, 3.63) is 54.4 Å². The number of anilines is 1. The van der Waals surface area contributed by atoms with Crippen molar-refractivity contribution in [2.45, 2.75) is 4.21 Å². The molecular weight excluding hydrogens is 362 g/mol. The minimum Gasteiger partial charge on any atom is -0.325 e. The first-order valence-electron chi connectivity index (χ1n) is 7.21. The number of amides is 1. The fourth-order valence-corrected chi connectivity index (χ4v) is 4.42. The highest BCUT2D eigenvalue weighted by Crippen LogP contribution is 2.19. The molecule has 1 amide bonds. The molecule has 1 aromatic carbocycles. The lowest BCUT2D eigenvalue weighted by atomic mass is 10.3. The predicted molar refractivity (Wildman–Crippen MR) is 94.1 cm³/mol. The van der Waals surface area contributed by atoms with Gasteiger partial charge in [-0.05, 0) is 35.7 Å². The summed E-state index contributed by atoms with van der Waals surface area (Å²) in [6.07, 6.45) is 3.00. The van der Waals surface area contributed by atoms with Crippen LogP contribution in [0.5, 0.6) is 0 Å². The third kappa shape index (κ3) is 3.92. The van der Waals surface area contributed by atoms with Gasteiger partial charge in [0.15, 0.2) is 0 Å².